The number of hydrogen-bond donors (Lipinski definition) is 1. The third-order valence-electron chi connectivity index (χ3n) is 6.08. The van der Waals surface area contributed by atoms with E-state index in [-0.39, 0.29) is 11.5 Å². The predicted octanol–water partition coefficient (Wildman–Crippen LogP) is 9.94. The lowest BCUT2D eigenvalue weighted by Crippen LogP contribution is -2.41. The molecule has 2 rings (SSSR count). The molecule has 0 fully saturated rings. The summed E-state index contributed by atoms with van der Waals surface area (Å²) in [5.41, 5.74) is 1.82. The summed E-state index contributed by atoms with van der Waals surface area (Å²) in [6.45, 7) is 18.0. The Balaban J connectivity index is 2.04. The first-order valence-corrected chi connectivity index (χ1v) is 15.8. The van der Waals surface area contributed by atoms with Crippen molar-refractivity contribution in [2.45, 2.75) is 95.3 Å². The summed E-state index contributed by atoms with van der Waals surface area (Å²) in [4.78, 5) is 14.9. The van der Waals surface area contributed by atoms with Crippen LogP contribution >= 0.6 is 37.7 Å². The van der Waals surface area contributed by atoms with Gasteiger partial charge in [0.2, 0.25) is 0 Å². The molecule has 0 spiro atoms. The van der Waals surface area contributed by atoms with E-state index in [2.05, 4.69) is 80.1 Å². The van der Waals surface area contributed by atoms with Crippen molar-refractivity contribution >= 4 is 49.5 Å². The highest BCUT2D eigenvalue weighted by atomic mass is 79.9. The lowest BCUT2D eigenvalue weighted by Gasteiger charge is -2.32. The minimum atomic E-state index is -0.416. The number of hydrogen-bond acceptors (Lipinski definition) is 5. The molecule has 2 aromatic rings. The zero-order chi connectivity index (χ0) is 26.9. The first kappa shape index (κ1) is 30.9. The lowest BCUT2D eigenvalue weighted by atomic mass is 9.87. The highest BCUT2D eigenvalue weighted by Crippen LogP contribution is 2.40. The van der Waals surface area contributed by atoms with Gasteiger partial charge in [-0.25, -0.2) is 9.10 Å². The third kappa shape index (κ3) is 9.53. The van der Waals surface area contributed by atoms with Gasteiger partial charge in [0, 0.05) is 27.2 Å². The monoisotopic (exact) mass is 594 g/mol. The van der Waals surface area contributed by atoms with Crippen molar-refractivity contribution in [2.75, 3.05) is 11.9 Å². The summed E-state index contributed by atoms with van der Waals surface area (Å²) in [6, 6.07) is 16.2. The van der Waals surface area contributed by atoms with Gasteiger partial charge in [0.25, 0.3) is 0 Å². The van der Waals surface area contributed by atoms with Crippen molar-refractivity contribution in [3.63, 3.8) is 0 Å². The van der Waals surface area contributed by atoms with Crippen molar-refractivity contribution in [1.29, 1.82) is 0 Å². The molecule has 0 saturated carbocycles. The Hall–Kier alpha value is -1.31. The molecular formula is C29H43BrN2O2S2. The highest BCUT2D eigenvalue weighted by molar-refractivity contribution is 9.09. The van der Waals surface area contributed by atoms with Crippen molar-refractivity contribution in [3.05, 3.63) is 54.1 Å². The Morgan fingerprint density at radius 3 is 2.17 bits per heavy atom. The molecule has 0 aliphatic carbocycles. The van der Waals surface area contributed by atoms with Gasteiger partial charge in [-0.1, -0.05) is 87.7 Å². The van der Waals surface area contributed by atoms with Crippen LogP contribution in [0.1, 0.15) is 80.2 Å². The number of para-hydroxylation sites is 2. The van der Waals surface area contributed by atoms with Crippen molar-refractivity contribution in [3.8, 4) is 5.75 Å². The topological polar surface area (TPSA) is 41.6 Å². The standard InChI is InChI=1S/C29H43BrN2O2S2/c1-9-21(10-2)24(30)19-20-31-25-13-11-12-14-26(25)34-27(33)32(29(6,7)8)36-35-23-17-15-22(16-18-23)28(3,4)5/h11-18,21,24,31H,9-10,19-20H2,1-8H3. The van der Waals surface area contributed by atoms with Gasteiger partial charge in [-0.05, 0) is 79.1 Å². The minimum absolute atomic E-state index is 0.113. The van der Waals surface area contributed by atoms with Crippen molar-refractivity contribution in [1.82, 2.24) is 4.31 Å². The summed E-state index contributed by atoms with van der Waals surface area (Å²) in [6.07, 6.45) is 2.96. The molecule has 0 saturated heterocycles. The number of nitrogens with one attached hydrogen (secondary N) is 1. The van der Waals surface area contributed by atoms with Gasteiger partial charge in [-0.3, -0.25) is 0 Å². The summed E-state index contributed by atoms with van der Waals surface area (Å²) in [5, 5.41) is 3.47. The largest absolute Gasteiger partial charge is 0.426 e. The Labute approximate surface area is 235 Å². The van der Waals surface area contributed by atoms with Gasteiger partial charge in [0.1, 0.15) is 0 Å². The van der Waals surface area contributed by atoms with E-state index in [0.717, 1.165) is 23.5 Å². The Morgan fingerprint density at radius 1 is 1.00 bits per heavy atom. The molecule has 0 aliphatic rings. The number of alkyl halides is 1. The van der Waals surface area contributed by atoms with Crippen LogP contribution in [-0.2, 0) is 5.41 Å². The number of carbonyl (C=O) groups is 1. The van der Waals surface area contributed by atoms with Gasteiger partial charge < -0.3 is 10.1 Å². The van der Waals surface area contributed by atoms with Crippen molar-refractivity contribution < 1.29 is 9.53 Å². The molecule has 0 radical (unpaired) electrons. The van der Waals surface area contributed by atoms with Crippen LogP contribution in [0, 0.1) is 5.92 Å². The molecule has 0 aromatic heterocycles. The average molecular weight is 596 g/mol. The van der Waals surface area contributed by atoms with Crippen LogP contribution in [0.25, 0.3) is 0 Å². The van der Waals surface area contributed by atoms with Crippen LogP contribution in [0.5, 0.6) is 5.75 Å². The quantitative estimate of drug-likeness (QED) is 0.159. The second-order valence-electron chi connectivity index (χ2n) is 11.1. The van der Waals surface area contributed by atoms with E-state index in [4.69, 9.17) is 4.74 Å². The number of carbonyl (C=O) groups excluding carboxylic acids is 1. The second kappa shape index (κ2) is 14.0. The van der Waals surface area contributed by atoms with E-state index in [0.29, 0.717) is 16.5 Å². The fraction of sp³-hybridized carbons (Fsp3) is 0.552. The van der Waals surface area contributed by atoms with Crippen LogP contribution in [0.2, 0.25) is 0 Å². The normalized spacial score (nSPS) is 12.9. The van der Waals surface area contributed by atoms with Crippen molar-refractivity contribution in [2.24, 2.45) is 5.92 Å². The number of halogens is 1. The van der Waals surface area contributed by atoms with E-state index in [9.17, 15) is 4.79 Å². The number of anilines is 1. The molecule has 200 valence electrons. The molecular weight excluding hydrogens is 552 g/mol. The number of ether oxygens (including phenoxy) is 1. The molecule has 4 nitrogen and oxygen atoms in total. The molecule has 0 bridgehead atoms. The average Bonchev–Trinajstić information content (AvgIpc) is 2.80. The van der Waals surface area contributed by atoms with E-state index in [1.54, 1.807) is 15.1 Å². The second-order valence-corrected chi connectivity index (χ2v) is 14.3. The zero-order valence-electron chi connectivity index (χ0n) is 23.1. The van der Waals surface area contributed by atoms with Crippen LogP contribution in [-0.4, -0.2) is 27.3 Å². The van der Waals surface area contributed by atoms with Gasteiger partial charge in [-0.15, -0.1) is 0 Å². The molecule has 1 atom stereocenters. The fourth-order valence-electron chi connectivity index (χ4n) is 3.72. The molecule has 1 unspecified atom stereocenters. The maximum Gasteiger partial charge on any atom is 0.426 e. The van der Waals surface area contributed by atoms with E-state index < -0.39 is 5.54 Å². The maximum absolute atomic E-state index is 13.3. The number of amides is 1. The van der Waals surface area contributed by atoms with Gasteiger partial charge in [0.15, 0.2) is 5.75 Å². The zero-order valence-corrected chi connectivity index (χ0v) is 26.3. The molecule has 36 heavy (non-hydrogen) atoms. The summed E-state index contributed by atoms with van der Waals surface area (Å²) < 4.78 is 7.61. The predicted molar refractivity (Wildman–Crippen MR) is 163 cm³/mol. The highest BCUT2D eigenvalue weighted by Gasteiger charge is 2.30. The third-order valence-corrected chi connectivity index (χ3v) is 9.92. The van der Waals surface area contributed by atoms with E-state index in [1.807, 2.05) is 45.0 Å². The molecule has 2 aromatic carbocycles. The Bertz CT molecular complexity index is 951. The minimum Gasteiger partial charge on any atom is -0.407 e. The van der Waals surface area contributed by atoms with Gasteiger partial charge in [0.05, 0.1) is 11.2 Å². The molecule has 7 heteroatoms. The molecule has 0 heterocycles. The van der Waals surface area contributed by atoms with E-state index >= 15 is 0 Å². The fourth-order valence-corrected chi connectivity index (χ4v) is 7.10. The SMILES string of the molecule is CCC(CC)C(Br)CCNc1ccccc1OC(=O)N(SSc1ccc(C(C)(C)C)cc1)C(C)(C)C. The maximum atomic E-state index is 13.3. The van der Waals surface area contributed by atoms with Crippen LogP contribution < -0.4 is 10.1 Å². The van der Waals surface area contributed by atoms with Gasteiger partial charge in [-0.2, -0.15) is 0 Å². The first-order valence-electron chi connectivity index (χ1n) is 12.8. The summed E-state index contributed by atoms with van der Waals surface area (Å²) in [7, 11) is 2.97. The van der Waals surface area contributed by atoms with Crippen LogP contribution in [0.4, 0.5) is 10.5 Å². The first-order chi connectivity index (χ1) is 16.9. The lowest BCUT2D eigenvalue weighted by molar-refractivity contribution is 0.159. The molecule has 1 N–H and O–H groups in total. The van der Waals surface area contributed by atoms with Crippen LogP contribution in [0.15, 0.2) is 53.4 Å². The van der Waals surface area contributed by atoms with E-state index in [1.165, 1.54) is 29.4 Å². The Morgan fingerprint density at radius 2 is 1.61 bits per heavy atom. The Kier molecular flexibility index (Phi) is 12.0. The van der Waals surface area contributed by atoms with Crippen LogP contribution in [0.3, 0.4) is 0 Å². The number of rotatable bonds is 11. The number of benzene rings is 2. The number of nitrogens with zero attached hydrogens (tertiary/aromatic N) is 1. The van der Waals surface area contributed by atoms with Gasteiger partial charge >= 0.3 is 6.09 Å². The molecule has 1 amide bonds. The summed E-state index contributed by atoms with van der Waals surface area (Å²) in [5.74, 6) is 1.21. The summed E-state index contributed by atoms with van der Waals surface area (Å²) >= 11 is 3.85. The smallest absolute Gasteiger partial charge is 0.407 e. The molecule has 0 aliphatic heterocycles.